The lowest BCUT2D eigenvalue weighted by molar-refractivity contribution is 0.341. The van der Waals surface area contributed by atoms with Crippen molar-refractivity contribution < 1.29 is 9.47 Å². The van der Waals surface area contributed by atoms with E-state index in [4.69, 9.17) is 15.9 Å². The third-order valence-corrected chi connectivity index (χ3v) is 1.87. The van der Waals surface area contributed by atoms with Gasteiger partial charge in [-0.2, -0.15) is 9.97 Å². The largest absolute Gasteiger partial charge is 0.467 e. The zero-order valence-corrected chi connectivity index (χ0v) is 9.52. The maximum atomic E-state index is 5.33. The highest BCUT2D eigenvalue weighted by Crippen LogP contribution is 2.13. The summed E-state index contributed by atoms with van der Waals surface area (Å²) in [5.74, 6) is 2.92. The molecule has 0 saturated carbocycles. The van der Waals surface area contributed by atoms with Crippen LogP contribution in [0.3, 0.4) is 0 Å². The minimum absolute atomic E-state index is 0.128. The second-order valence-corrected chi connectivity index (χ2v) is 2.90. The van der Waals surface area contributed by atoms with E-state index in [1.54, 1.807) is 0 Å². The van der Waals surface area contributed by atoms with Crippen LogP contribution in [0.5, 0.6) is 12.0 Å². The number of rotatable bonds is 5. The Labute approximate surface area is 94.4 Å². The van der Waals surface area contributed by atoms with Gasteiger partial charge in [0, 0.05) is 0 Å². The number of hydrogen-bond donors (Lipinski definition) is 1. The van der Waals surface area contributed by atoms with Gasteiger partial charge in [0.2, 0.25) is 5.95 Å². The van der Waals surface area contributed by atoms with Crippen molar-refractivity contribution in [2.75, 3.05) is 19.5 Å². The fourth-order valence-corrected chi connectivity index (χ4v) is 1.00. The second-order valence-electron chi connectivity index (χ2n) is 2.90. The monoisotopic (exact) mass is 222 g/mol. The van der Waals surface area contributed by atoms with E-state index in [1.807, 2.05) is 6.92 Å². The number of anilines is 1. The first-order valence-electron chi connectivity index (χ1n) is 4.80. The first-order valence-corrected chi connectivity index (χ1v) is 4.80. The maximum absolute atomic E-state index is 5.33. The molecule has 1 aromatic heterocycles. The molecular weight excluding hydrogens is 208 g/mol. The minimum atomic E-state index is -0.128. The Balaban J connectivity index is 2.91. The molecule has 0 amide bonds. The molecule has 0 fully saturated rings. The fourth-order valence-electron chi connectivity index (χ4n) is 1.00. The quantitative estimate of drug-likeness (QED) is 0.740. The van der Waals surface area contributed by atoms with E-state index in [0.29, 0.717) is 5.95 Å². The standard InChI is InChI=1S/C10H14N4O2/c1-5-7(6-2)11-8-12-9(15-3)14-10(13-8)16-4/h1,7H,6H2,2-4H3,(H,11,12,13,14). The molecule has 0 aliphatic heterocycles. The highest BCUT2D eigenvalue weighted by atomic mass is 16.5. The van der Waals surface area contributed by atoms with Crippen LogP contribution < -0.4 is 14.8 Å². The van der Waals surface area contributed by atoms with Gasteiger partial charge in [0.15, 0.2) is 0 Å². The molecule has 0 radical (unpaired) electrons. The first kappa shape index (κ1) is 12.0. The summed E-state index contributed by atoms with van der Waals surface area (Å²) >= 11 is 0. The Bertz CT molecular complexity index is 367. The molecular formula is C10H14N4O2. The number of aromatic nitrogens is 3. The SMILES string of the molecule is C#CC(CC)Nc1nc(OC)nc(OC)n1. The number of hydrogen-bond acceptors (Lipinski definition) is 6. The van der Waals surface area contributed by atoms with E-state index >= 15 is 0 Å². The Morgan fingerprint density at radius 3 is 2.19 bits per heavy atom. The summed E-state index contributed by atoms with van der Waals surface area (Å²) in [6, 6.07) is 0.235. The van der Waals surface area contributed by atoms with Crippen molar-refractivity contribution in [3.63, 3.8) is 0 Å². The van der Waals surface area contributed by atoms with Crippen LogP contribution in [-0.4, -0.2) is 35.2 Å². The Hall–Kier alpha value is -2.03. The van der Waals surface area contributed by atoms with Crippen LogP contribution in [0.15, 0.2) is 0 Å². The molecule has 1 N–H and O–H groups in total. The zero-order valence-electron chi connectivity index (χ0n) is 9.52. The Kier molecular flexibility index (Phi) is 4.33. The molecule has 86 valence electrons. The number of ether oxygens (including phenoxy) is 2. The van der Waals surface area contributed by atoms with E-state index in [1.165, 1.54) is 14.2 Å². The van der Waals surface area contributed by atoms with Gasteiger partial charge in [0.05, 0.1) is 20.3 Å². The zero-order chi connectivity index (χ0) is 12.0. The maximum Gasteiger partial charge on any atom is 0.324 e. The van der Waals surface area contributed by atoms with Gasteiger partial charge in [-0.05, 0) is 6.42 Å². The van der Waals surface area contributed by atoms with Crippen LogP contribution in [0.4, 0.5) is 5.95 Å². The van der Waals surface area contributed by atoms with Crippen LogP contribution in [0.1, 0.15) is 13.3 Å². The molecule has 0 aliphatic carbocycles. The molecule has 1 rings (SSSR count). The van der Waals surface area contributed by atoms with Crippen molar-refractivity contribution in [2.45, 2.75) is 19.4 Å². The van der Waals surface area contributed by atoms with Gasteiger partial charge in [0.25, 0.3) is 0 Å². The lowest BCUT2D eigenvalue weighted by atomic mass is 10.2. The molecule has 16 heavy (non-hydrogen) atoms. The number of nitrogens with zero attached hydrogens (tertiary/aromatic N) is 3. The van der Waals surface area contributed by atoms with Crippen molar-refractivity contribution in [2.24, 2.45) is 0 Å². The molecule has 0 spiro atoms. The Morgan fingerprint density at radius 1 is 1.25 bits per heavy atom. The van der Waals surface area contributed by atoms with Crippen LogP contribution in [0.2, 0.25) is 0 Å². The van der Waals surface area contributed by atoms with E-state index < -0.39 is 0 Å². The summed E-state index contributed by atoms with van der Waals surface area (Å²) in [5.41, 5.74) is 0. The lowest BCUT2D eigenvalue weighted by Crippen LogP contribution is -2.18. The van der Waals surface area contributed by atoms with Gasteiger partial charge in [-0.3, -0.25) is 0 Å². The molecule has 1 aromatic rings. The highest BCUT2D eigenvalue weighted by molar-refractivity contribution is 5.32. The number of terminal acetylenes is 1. The molecule has 1 heterocycles. The molecule has 0 aromatic carbocycles. The van der Waals surface area contributed by atoms with E-state index in [2.05, 4.69) is 26.2 Å². The number of nitrogens with one attached hydrogen (secondary N) is 1. The van der Waals surface area contributed by atoms with Crippen LogP contribution in [-0.2, 0) is 0 Å². The lowest BCUT2D eigenvalue weighted by Gasteiger charge is -2.11. The molecule has 0 saturated heterocycles. The third kappa shape index (κ3) is 2.98. The minimum Gasteiger partial charge on any atom is -0.467 e. The average molecular weight is 222 g/mol. The summed E-state index contributed by atoms with van der Waals surface area (Å²) in [6.07, 6.45) is 6.10. The summed E-state index contributed by atoms with van der Waals surface area (Å²) in [5, 5.41) is 2.97. The van der Waals surface area contributed by atoms with Crippen LogP contribution in [0, 0.1) is 12.3 Å². The van der Waals surface area contributed by atoms with Gasteiger partial charge in [-0.15, -0.1) is 11.4 Å². The summed E-state index contributed by atoms with van der Waals surface area (Å²) in [7, 11) is 2.94. The second kappa shape index (κ2) is 5.75. The van der Waals surface area contributed by atoms with Crippen molar-refractivity contribution in [1.82, 2.24) is 15.0 Å². The summed E-state index contributed by atoms with van der Waals surface area (Å²) in [4.78, 5) is 11.9. The Morgan fingerprint density at radius 2 is 1.81 bits per heavy atom. The predicted octanol–water partition coefficient (Wildman–Crippen LogP) is 0.712. The third-order valence-electron chi connectivity index (χ3n) is 1.87. The van der Waals surface area contributed by atoms with Crippen LogP contribution >= 0.6 is 0 Å². The molecule has 0 bridgehead atoms. The fraction of sp³-hybridized carbons (Fsp3) is 0.500. The highest BCUT2D eigenvalue weighted by Gasteiger charge is 2.09. The molecule has 6 nitrogen and oxygen atoms in total. The van der Waals surface area contributed by atoms with Gasteiger partial charge in [-0.1, -0.05) is 12.8 Å². The van der Waals surface area contributed by atoms with Crippen molar-refractivity contribution in [3.05, 3.63) is 0 Å². The average Bonchev–Trinajstić information content (AvgIpc) is 2.35. The van der Waals surface area contributed by atoms with Gasteiger partial charge < -0.3 is 14.8 Å². The van der Waals surface area contributed by atoms with Crippen molar-refractivity contribution in [1.29, 1.82) is 0 Å². The van der Waals surface area contributed by atoms with Gasteiger partial charge in [0.1, 0.15) is 0 Å². The summed E-state index contributed by atoms with van der Waals surface area (Å²) < 4.78 is 9.82. The molecule has 0 aliphatic rings. The topological polar surface area (TPSA) is 69.2 Å². The molecule has 1 atom stereocenters. The van der Waals surface area contributed by atoms with Crippen LogP contribution in [0.25, 0.3) is 0 Å². The number of methoxy groups -OCH3 is 2. The molecule has 1 unspecified atom stereocenters. The van der Waals surface area contributed by atoms with Crippen molar-refractivity contribution >= 4 is 5.95 Å². The molecule has 6 heteroatoms. The van der Waals surface area contributed by atoms with Gasteiger partial charge >= 0.3 is 12.0 Å². The predicted molar refractivity (Wildman–Crippen MR) is 59.5 cm³/mol. The van der Waals surface area contributed by atoms with E-state index in [9.17, 15) is 0 Å². The normalized spacial score (nSPS) is 11.4. The van der Waals surface area contributed by atoms with E-state index in [-0.39, 0.29) is 18.1 Å². The van der Waals surface area contributed by atoms with Gasteiger partial charge in [-0.25, -0.2) is 0 Å². The van der Waals surface area contributed by atoms with E-state index in [0.717, 1.165) is 6.42 Å². The smallest absolute Gasteiger partial charge is 0.324 e. The van der Waals surface area contributed by atoms with Crippen molar-refractivity contribution in [3.8, 4) is 24.4 Å². The first-order chi connectivity index (χ1) is 7.73. The summed E-state index contributed by atoms with van der Waals surface area (Å²) in [6.45, 7) is 1.97.